The van der Waals surface area contributed by atoms with Crippen molar-refractivity contribution in [3.05, 3.63) is 71.8 Å². The van der Waals surface area contributed by atoms with Gasteiger partial charge in [0, 0.05) is 6.54 Å². The van der Waals surface area contributed by atoms with Crippen molar-refractivity contribution in [1.82, 2.24) is 5.32 Å². The summed E-state index contributed by atoms with van der Waals surface area (Å²) in [5, 5.41) is 2.36. The van der Waals surface area contributed by atoms with E-state index >= 15 is 0 Å². The third kappa shape index (κ3) is 4.71. The summed E-state index contributed by atoms with van der Waals surface area (Å²) in [7, 11) is 0. The van der Waals surface area contributed by atoms with Crippen LogP contribution < -0.4 is 5.32 Å². The van der Waals surface area contributed by atoms with E-state index in [1.54, 1.807) is 0 Å². The molecule has 0 radical (unpaired) electrons. The molecule has 2 rings (SSSR count). The van der Waals surface area contributed by atoms with Crippen molar-refractivity contribution in [3.63, 3.8) is 0 Å². The molecule has 1 amide bonds. The molecule has 0 saturated heterocycles. The van der Waals surface area contributed by atoms with Gasteiger partial charge in [0.05, 0.1) is 0 Å². The summed E-state index contributed by atoms with van der Waals surface area (Å²) < 4.78 is 0. The zero-order chi connectivity index (χ0) is 14.2. The molecule has 0 fully saturated rings. The van der Waals surface area contributed by atoms with Gasteiger partial charge in [-0.3, -0.25) is 4.79 Å². The molecule has 0 aromatic heterocycles. The summed E-state index contributed by atoms with van der Waals surface area (Å²) in [5.41, 5.74) is 2.28. The fourth-order valence-corrected chi connectivity index (χ4v) is 2.25. The van der Waals surface area contributed by atoms with Crippen LogP contribution in [-0.4, -0.2) is 17.8 Å². The van der Waals surface area contributed by atoms with E-state index in [0.717, 1.165) is 12.0 Å². The lowest BCUT2D eigenvalue weighted by Gasteiger charge is -2.10. The highest BCUT2D eigenvalue weighted by Crippen LogP contribution is 2.08. The van der Waals surface area contributed by atoms with Crippen LogP contribution in [0, 0.1) is 0 Å². The molecule has 1 unspecified atom stereocenters. The summed E-state index contributed by atoms with van der Waals surface area (Å²) in [4.78, 5) is 11.9. The molecule has 2 nitrogen and oxygen atoms in total. The maximum Gasteiger partial charge on any atom is 0.238 e. The van der Waals surface area contributed by atoms with Crippen molar-refractivity contribution < 1.29 is 4.79 Å². The van der Waals surface area contributed by atoms with Gasteiger partial charge >= 0.3 is 0 Å². The number of nitrogens with one attached hydrogen (secondary N) is 1. The van der Waals surface area contributed by atoms with E-state index in [4.69, 9.17) is 11.6 Å². The number of hydrogen-bond acceptors (Lipinski definition) is 1. The lowest BCUT2D eigenvalue weighted by Crippen LogP contribution is -2.34. The Morgan fingerprint density at radius 1 is 0.950 bits per heavy atom. The second-order valence-corrected chi connectivity index (χ2v) is 5.21. The molecule has 104 valence electrons. The highest BCUT2D eigenvalue weighted by molar-refractivity contribution is 6.30. The minimum atomic E-state index is -0.520. The topological polar surface area (TPSA) is 29.1 Å². The predicted octanol–water partition coefficient (Wildman–Crippen LogP) is 3.20. The quantitative estimate of drug-likeness (QED) is 0.812. The van der Waals surface area contributed by atoms with Crippen LogP contribution in [0.5, 0.6) is 0 Å². The van der Waals surface area contributed by atoms with Gasteiger partial charge < -0.3 is 5.32 Å². The van der Waals surface area contributed by atoms with Gasteiger partial charge in [-0.05, 0) is 24.0 Å². The zero-order valence-corrected chi connectivity index (χ0v) is 12.0. The van der Waals surface area contributed by atoms with E-state index in [1.165, 1.54) is 5.56 Å². The average molecular weight is 288 g/mol. The fourth-order valence-electron chi connectivity index (χ4n) is 2.00. The molecule has 0 spiro atoms. The second-order valence-electron chi connectivity index (χ2n) is 4.68. The second kappa shape index (κ2) is 7.71. The van der Waals surface area contributed by atoms with E-state index in [9.17, 15) is 4.79 Å². The molecular formula is C17H18ClNO. The molecule has 2 aromatic rings. The van der Waals surface area contributed by atoms with Crippen molar-refractivity contribution >= 4 is 17.5 Å². The minimum Gasteiger partial charge on any atom is -0.354 e. The smallest absolute Gasteiger partial charge is 0.238 e. The van der Waals surface area contributed by atoms with E-state index < -0.39 is 5.38 Å². The summed E-state index contributed by atoms with van der Waals surface area (Å²) in [6, 6.07) is 19.9. The maximum absolute atomic E-state index is 11.9. The SMILES string of the molecule is O=C(NCCc1ccccc1)C(Cl)Cc1ccccc1. The molecule has 2 aromatic carbocycles. The highest BCUT2D eigenvalue weighted by Gasteiger charge is 2.14. The minimum absolute atomic E-state index is 0.105. The lowest BCUT2D eigenvalue weighted by molar-refractivity contribution is -0.120. The van der Waals surface area contributed by atoms with Crippen LogP contribution in [0.25, 0.3) is 0 Å². The number of rotatable bonds is 6. The van der Waals surface area contributed by atoms with E-state index in [0.29, 0.717) is 13.0 Å². The molecule has 0 saturated carbocycles. The highest BCUT2D eigenvalue weighted by atomic mass is 35.5. The third-order valence-corrected chi connectivity index (χ3v) is 3.45. The van der Waals surface area contributed by atoms with Crippen LogP contribution in [0.2, 0.25) is 0 Å². The van der Waals surface area contributed by atoms with Gasteiger partial charge in [0.15, 0.2) is 0 Å². The Morgan fingerprint density at radius 3 is 2.10 bits per heavy atom. The number of benzene rings is 2. The van der Waals surface area contributed by atoms with Gasteiger partial charge in [0.1, 0.15) is 5.38 Å². The standard InChI is InChI=1S/C17H18ClNO/c18-16(13-15-9-5-2-6-10-15)17(20)19-12-11-14-7-3-1-4-8-14/h1-10,16H,11-13H2,(H,19,20). The van der Waals surface area contributed by atoms with Crippen molar-refractivity contribution in [2.24, 2.45) is 0 Å². The zero-order valence-electron chi connectivity index (χ0n) is 11.3. The number of halogens is 1. The molecule has 0 aliphatic heterocycles. The fraction of sp³-hybridized carbons (Fsp3) is 0.235. The number of hydrogen-bond donors (Lipinski definition) is 1. The summed E-state index contributed by atoms with van der Waals surface area (Å²) in [6.45, 7) is 0.612. The molecule has 0 bridgehead atoms. The molecule has 0 aliphatic rings. The largest absolute Gasteiger partial charge is 0.354 e. The molecule has 20 heavy (non-hydrogen) atoms. The Hall–Kier alpha value is -1.80. The normalized spacial score (nSPS) is 11.8. The first-order valence-electron chi connectivity index (χ1n) is 6.75. The Kier molecular flexibility index (Phi) is 5.63. The molecule has 3 heteroatoms. The molecule has 1 N–H and O–H groups in total. The summed E-state index contributed by atoms with van der Waals surface area (Å²) in [5.74, 6) is -0.105. The van der Waals surface area contributed by atoms with Crippen molar-refractivity contribution in [1.29, 1.82) is 0 Å². The molecule has 0 heterocycles. The van der Waals surface area contributed by atoms with E-state index in [-0.39, 0.29) is 5.91 Å². The van der Waals surface area contributed by atoms with Gasteiger partial charge in [0.2, 0.25) is 5.91 Å². The van der Waals surface area contributed by atoms with Gasteiger partial charge in [-0.15, -0.1) is 11.6 Å². The monoisotopic (exact) mass is 287 g/mol. The van der Waals surface area contributed by atoms with E-state index in [1.807, 2.05) is 60.7 Å². The number of carbonyl (C=O) groups excluding carboxylic acids is 1. The first kappa shape index (κ1) is 14.6. The van der Waals surface area contributed by atoms with Crippen molar-refractivity contribution in [3.8, 4) is 0 Å². The molecular weight excluding hydrogens is 270 g/mol. The van der Waals surface area contributed by atoms with Gasteiger partial charge in [-0.2, -0.15) is 0 Å². The lowest BCUT2D eigenvalue weighted by atomic mass is 10.1. The number of carbonyl (C=O) groups is 1. The van der Waals surface area contributed by atoms with Crippen LogP contribution >= 0.6 is 11.6 Å². The first-order chi connectivity index (χ1) is 9.75. The van der Waals surface area contributed by atoms with Crippen LogP contribution in [0.3, 0.4) is 0 Å². The van der Waals surface area contributed by atoms with Gasteiger partial charge in [0.25, 0.3) is 0 Å². The first-order valence-corrected chi connectivity index (χ1v) is 7.19. The van der Waals surface area contributed by atoms with Gasteiger partial charge in [-0.1, -0.05) is 60.7 Å². The van der Waals surface area contributed by atoms with Crippen molar-refractivity contribution in [2.45, 2.75) is 18.2 Å². The van der Waals surface area contributed by atoms with E-state index in [2.05, 4.69) is 5.32 Å². The average Bonchev–Trinajstić information content (AvgIpc) is 2.49. The summed E-state index contributed by atoms with van der Waals surface area (Å²) in [6.07, 6.45) is 1.38. The maximum atomic E-state index is 11.9. The number of amides is 1. The van der Waals surface area contributed by atoms with Crippen LogP contribution in [0.4, 0.5) is 0 Å². The van der Waals surface area contributed by atoms with Crippen molar-refractivity contribution in [2.75, 3.05) is 6.54 Å². The third-order valence-electron chi connectivity index (χ3n) is 3.10. The Labute approximate surface area is 124 Å². The predicted molar refractivity (Wildman–Crippen MR) is 82.9 cm³/mol. The number of alkyl halides is 1. The Bertz CT molecular complexity index is 527. The Morgan fingerprint density at radius 2 is 1.50 bits per heavy atom. The van der Waals surface area contributed by atoms with Crippen LogP contribution in [0.15, 0.2) is 60.7 Å². The molecule has 0 aliphatic carbocycles. The molecule has 1 atom stereocenters. The van der Waals surface area contributed by atoms with Crippen LogP contribution in [0.1, 0.15) is 11.1 Å². The Balaban J connectivity index is 1.74. The van der Waals surface area contributed by atoms with Gasteiger partial charge in [-0.25, -0.2) is 0 Å². The summed E-state index contributed by atoms with van der Waals surface area (Å²) >= 11 is 6.14. The van der Waals surface area contributed by atoms with Crippen LogP contribution in [-0.2, 0) is 17.6 Å².